The fourth-order valence-corrected chi connectivity index (χ4v) is 1.72. The molecule has 2 rings (SSSR count). The fourth-order valence-electron chi connectivity index (χ4n) is 1.72. The van der Waals surface area contributed by atoms with E-state index in [2.05, 4.69) is 16.4 Å². The summed E-state index contributed by atoms with van der Waals surface area (Å²) in [4.78, 5) is 15.2. The number of allylic oxidation sites excluding steroid dienone is 1. The molecule has 0 saturated carbocycles. The van der Waals surface area contributed by atoms with E-state index >= 15 is 0 Å². The summed E-state index contributed by atoms with van der Waals surface area (Å²) in [5.74, 6) is -0.934. The smallest absolute Gasteiger partial charge is 0.270 e. The molecule has 0 fully saturated rings. The van der Waals surface area contributed by atoms with Crippen molar-refractivity contribution in [2.75, 3.05) is 0 Å². The van der Waals surface area contributed by atoms with E-state index in [-0.39, 0.29) is 17.6 Å². The van der Waals surface area contributed by atoms with Gasteiger partial charge in [-0.05, 0) is 31.4 Å². The van der Waals surface area contributed by atoms with Crippen molar-refractivity contribution in [2.24, 2.45) is 0 Å². The topological polar surface area (TPSA) is 42.0 Å². The summed E-state index contributed by atoms with van der Waals surface area (Å²) in [6.07, 6.45) is 6.89. The Morgan fingerprint density at radius 3 is 3.00 bits per heavy atom. The molecule has 0 aliphatic heterocycles. The van der Waals surface area contributed by atoms with Gasteiger partial charge >= 0.3 is 0 Å². The van der Waals surface area contributed by atoms with Gasteiger partial charge in [-0.2, -0.15) is 4.39 Å². The molecule has 3 nitrogen and oxygen atoms in total. The molecular weight excluding hydrogens is 207 g/mol. The molecule has 0 spiro atoms. The highest BCUT2D eigenvalue weighted by molar-refractivity contribution is 5.92. The van der Waals surface area contributed by atoms with Gasteiger partial charge in [-0.25, -0.2) is 4.98 Å². The van der Waals surface area contributed by atoms with Crippen LogP contribution in [0, 0.1) is 5.95 Å². The Kier molecular flexibility index (Phi) is 3.29. The number of nitrogens with zero attached hydrogens (tertiary/aromatic N) is 1. The third kappa shape index (κ3) is 2.66. The molecule has 0 saturated heterocycles. The van der Waals surface area contributed by atoms with E-state index in [1.165, 1.54) is 18.2 Å². The normalized spacial score (nSPS) is 19.4. The Bertz CT molecular complexity index is 417. The molecule has 1 aliphatic rings. The molecule has 84 valence electrons. The summed E-state index contributed by atoms with van der Waals surface area (Å²) in [6.45, 7) is 0. The van der Waals surface area contributed by atoms with E-state index in [4.69, 9.17) is 0 Å². The summed E-state index contributed by atoms with van der Waals surface area (Å²) in [7, 11) is 0. The van der Waals surface area contributed by atoms with Crippen molar-refractivity contribution in [1.29, 1.82) is 0 Å². The zero-order valence-electron chi connectivity index (χ0n) is 8.82. The molecule has 1 N–H and O–H groups in total. The van der Waals surface area contributed by atoms with Crippen molar-refractivity contribution < 1.29 is 9.18 Å². The summed E-state index contributed by atoms with van der Waals surface area (Å²) in [5, 5.41) is 2.84. The first-order valence-corrected chi connectivity index (χ1v) is 5.34. The number of amides is 1. The van der Waals surface area contributed by atoms with Crippen molar-refractivity contribution in [3.8, 4) is 0 Å². The Morgan fingerprint density at radius 1 is 1.44 bits per heavy atom. The standard InChI is InChI=1S/C12H13FN2O/c13-11-8-4-7-10(15-11)12(16)14-9-5-2-1-3-6-9/h1-2,4,7-9H,3,5-6H2,(H,14,16). The van der Waals surface area contributed by atoms with E-state index in [0.717, 1.165) is 19.3 Å². The molecule has 1 aromatic rings. The van der Waals surface area contributed by atoms with Crippen molar-refractivity contribution in [1.82, 2.24) is 10.3 Å². The second-order valence-corrected chi connectivity index (χ2v) is 3.80. The Labute approximate surface area is 93.4 Å². The number of hydrogen-bond donors (Lipinski definition) is 1. The van der Waals surface area contributed by atoms with E-state index in [0.29, 0.717) is 0 Å². The lowest BCUT2D eigenvalue weighted by molar-refractivity contribution is 0.0928. The van der Waals surface area contributed by atoms with Crippen molar-refractivity contribution in [2.45, 2.75) is 25.3 Å². The Morgan fingerprint density at radius 2 is 2.31 bits per heavy atom. The van der Waals surface area contributed by atoms with Gasteiger partial charge in [-0.3, -0.25) is 4.79 Å². The van der Waals surface area contributed by atoms with Crippen LogP contribution in [0.2, 0.25) is 0 Å². The van der Waals surface area contributed by atoms with E-state index in [1.807, 2.05) is 6.08 Å². The van der Waals surface area contributed by atoms with Crippen molar-refractivity contribution in [3.63, 3.8) is 0 Å². The van der Waals surface area contributed by atoms with Gasteiger partial charge in [0, 0.05) is 6.04 Å². The van der Waals surface area contributed by atoms with Crippen molar-refractivity contribution >= 4 is 5.91 Å². The molecular formula is C12H13FN2O. The van der Waals surface area contributed by atoms with Crippen LogP contribution in [-0.2, 0) is 0 Å². The van der Waals surface area contributed by atoms with Crippen LogP contribution >= 0.6 is 0 Å². The minimum absolute atomic E-state index is 0.134. The van der Waals surface area contributed by atoms with E-state index in [1.54, 1.807) is 0 Å². The lowest BCUT2D eigenvalue weighted by Crippen LogP contribution is -2.35. The minimum Gasteiger partial charge on any atom is -0.348 e. The van der Waals surface area contributed by atoms with Gasteiger partial charge in [0.2, 0.25) is 5.95 Å². The van der Waals surface area contributed by atoms with Gasteiger partial charge in [0.25, 0.3) is 5.91 Å². The Balaban J connectivity index is 2.00. The molecule has 4 heteroatoms. The monoisotopic (exact) mass is 220 g/mol. The molecule has 1 unspecified atom stereocenters. The molecule has 1 heterocycles. The number of pyridine rings is 1. The third-order valence-corrected chi connectivity index (χ3v) is 2.55. The van der Waals surface area contributed by atoms with Gasteiger partial charge in [0.15, 0.2) is 0 Å². The molecule has 0 aromatic carbocycles. The summed E-state index contributed by atoms with van der Waals surface area (Å²) < 4.78 is 12.8. The van der Waals surface area contributed by atoms with E-state index in [9.17, 15) is 9.18 Å². The zero-order valence-corrected chi connectivity index (χ0v) is 8.82. The predicted molar refractivity (Wildman–Crippen MR) is 58.4 cm³/mol. The number of rotatable bonds is 2. The van der Waals surface area contributed by atoms with Gasteiger partial charge in [0.05, 0.1) is 0 Å². The second kappa shape index (κ2) is 4.88. The molecule has 16 heavy (non-hydrogen) atoms. The first-order valence-electron chi connectivity index (χ1n) is 5.34. The third-order valence-electron chi connectivity index (χ3n) is 2.55. The maximum absolute atomic E-state index is 12.8. The van der Waals surface area contributed by atoms with Crippen LogP contribution in [0.25, 0.3) is 0 Å². The zero-order chi connectivity index (χ0) is 11.4. The molecule has 1 aromatic heterocycles. The van der Waals surface area contributed by atoms with E-state index < -0.39 is 5.95 Å². The van der Waals surface area contributed by atoms with Crippen LogP contribution in [0.3, 0.4) is 0 Å². The first-order chi connectivity index (χ1) is 7.75. The minimum atomic E-state index is -0.629. The second-order valence-electron chi connectivity index (χ2n) is 3.80. The van der Waals surface area contributed by atoms with Gasteiger partial charge in [-0.1, -0.05) is 18.2 Å². The SMILES string of the molecule is O=C(NC1CC=CCC1)c1cccc(F)n1. The molecule has 0 bridgehead atoms. The average molecular weight is 220 g/mol. The number of aromatic nitrogens is 1. The number of nitrogens with one attached hydrogen (secondary N) is 1. The van der Waals surface area contributed by atoms with Crippen LogP contribution in [0.1, 0.15) is 29.8 Å². The summed E-state index contributed by atoms with van der Waals surface area (Å²) >= 11 is 0. The van der Waals surface area contributed by atoms with Crippen LogP contribution in [-0.4, -0.2) is 16.9 Å². The lowest BCUT2D eigenvalue weighted by atomic mass is 10.0. The summed E-state index contributed by atoms with van der Waals surface area (Å²) in [6, 6.07) is 4.36. The lowest BCUT2D eigenvalue weighted by Gasteiger charge is -2.18. The average Bonchev–Trinajstić information content (AvgIpc) is 2.30. The number of carbonyl (C=O) groups is 1. The highest BCUT2D eigenvalue weighted by Gasteiger charge is 2.15. The number of halogens is 1. The van der Waals surface area contributed by atoms with Crippen LogP contribution in [0.15, 0.2) is 30.4 Å². The Hall–Kier alpha value is -1.71. The number of carbonyl (C=O) groups excluding carboxylic acids is 1. The van der Waals surface area contributed by atoms with Gasteiger partial charge < -0.3 is 5.32 Å². The highest BCUT2D eigenvalue weighted by Crippen LogP contribution is 2.11. The quantitative estimate of drug-likeness (QED) is 0.612. The maximum atomic E-state index is 12.8. The highest BCUT2D eigenvalue weighted by atomic mass is 19.1. The molecule has 1 aliphatic carbocycles. The largest absolute Gasteiger partial charge is 0.348 e. The summed E-state index contributed by atoms with van der Waals surface area (Å²) in [5.41, 5.74) is 0.134. The predicted octanol–water partition coefficient (Wildman–Crippen LogP) is 2.06. The van der Waals surface area contributed by atoms with Gasteiger partial charge in [-0.15, -0.1) is 0 Å². The maximum Gasteiger partial charge on any atom is 0.270 e. The van der Waals surface area contributed by atoms with Crippen LogP contribution < -0.4 is 5.32 Å². The van der Waals surface area contributed by atoms with Crippen LogP contribution in [0.5, 0.6) is 0 Å². The molecule has 1 amide bonds. The molecule has 1 atom stereocenters. The number of hydrogen-bond acceptors (Lipinski definition) is 2. The first kappa shape index (κ1) is 10.8. The molecule has 0 radical (unpaired) electrons. The van der Waals surface area contributed by atoms with Gasteiger partial charge in [0.1, 0.15) is 5.69 Å². The van der Waals surface area contributed by atoms with Crippen molar-refractivity contribution in [3.05, 3.63) is 42.0 Å². The van der Waals surface area contributed by atoms with Crippen LogP contribution in [0.4, 0.5) is 4.39 Å². The fraction of sp³-hybridized carbons (Fsp3) is 0.333.